The van der Waals surface area contributed by atoms with Gasteiger partial charge in [-0.25, -0.2) is 4.79 Å². The second-order valence-electron chi connectivity index (χ2n) is 10.4. The average molecular weight is 378 g/mol. The molecule has 5 heteroatoms. The molecule has 1 heterocycles. The largest absolute Gasteiger partial charge is 0.480 e. The standard InChI is InChI=1S/C22H35NO4/c1-13-11-17(27-12-19(25)26)22(3)9-7-15-14(20(13)22)5-6-16-21(15,2)10-8-18(24)23(16)4/h13-17,20H,5-12H2,1-4H3,(H,25,26)/t13-,14?,15?,16?,17+,20?,21?,22-/m1/s1. The highest BCUT2D eigenvalue weighted by atomic mass is 16.5. The Kier molecular flexibility index (Phi) is 4.60. The van der Waals surface area contributed by atoms with Crippen LogP contribution in [-0.4, -0.2) is 47.7 Å². The molecule has 4 aliphatic rings. The number of ether oxygens (including phenoxy) is 1. The molecule has 1 amide bonds. The fourth-order valence-electron chi connectivity index (χ4n) is 8.06. The SMILES string of the molecule is C[C@@H]1C[C@H](OCC(=O)O)[C@@]2(C)CCC3C(CCC4N(C)C(=O)CCC34C)C12. The number of carbonyl (C=O) groups excluding carboxylic acids is 1. The zero-order valence-corrected chi connectivity index (χ0v) is 17.2. The van der Waals surface area contributed by atoms with Crippen molar-refractivity contribution in [2.24, 2.45) is 34.5 Å². The molecule has 0 aromatic rings. The molecule has 1 aliphatic heterocycles. The summed E-state index contributed by atoms with van der Waals surface area (Å²) in [5, 5.41) is 9.06. The zero-order chi connectivity index (χ0) is 19.6. The Balaban J connectivity index is 1.59. The topological polar surface area (TPSA) is 66.8 Å². The Hall–Kier alpha value is -1.10. The van der Waals surface area contributed by atoms with Crippen molar-refractivity contribution in [2.75, 3.05) is 13.7 Å². The molecule has 1 N–H and O–H groups in total. The molecule has 0 aromatic heterocycles. The lowest BCUT2D eigenvalue weighted by Gasteiger charge is -2.62. The first-order valence-electron chi connectivity index (χ1n) is 10.8. The van der Waals surface area contributed by atoms with Gasteiger partial charge in [0.05, 0.1) is 6.10 Å². The third-order valence-electron chi connectivity index (χ3n) is 9.20. The molecule has 0 bridgehead atoms. The number of rotatable bonds is 3. The molecular formula is C22H35NO4. The lowest BCUT2D eigenvalue weighted by atomic mass is 9.46. The minimum atomic E-state index is -0.869. The first kappa shape index (κ1) is 19.2. The fraction of sp³-hybridized carbons (Fsp3) is 0.909. The quantitative estimate of drug-likeness (QED) is 0.816. The van der Waals surface area contributed by atoms with Gasteiger partial charge in [-0.2, -0.15) is 0 Å². The lowest BCUT2D eigenvalue weighted by Crippen LogP contribution is -2.61. The number of likely N-dealkylation sites (tertiary alicyclic amines) is 1. The van der Waals surface area contributed by atoms with E-state index in [1.54, 1.807) is 0 Å². The predicted octanol–water partition coefficient (Wildman–Crippen LogP) is 3.57. The maximum atomic E-state index is 12.3. The summed E-state index contributed by atoms with van der Waals surface area (Å²) in [6.07, 6.45) is 7.37. The minimum Gasteiger partial charge on any atom is -0.480 e. The highest BCUT2D eigenvalue weighted by molar-refractivity contribution is 5.77. The van der Waals surface area contributed by atoms with Gasteiger partial charge < -0.3 is 14.7 Å². The number of hydrogen-bond donors (Lipinski definition) is 1. The van der Waals surface area contributed by atoms with Crippen LogP contribution in [0.4, 0.5) is 0 Å². The number of nitrogens with zero attached hydrogens (tertiary/aromatic N) is 1. The van der Waals surface area contributed by atoms with E-state index in [-0.39, 0.29) is 23.5 Å². The van der Waals surface area contributed by atoms with Crippen molar-refractivity contribution in [1.82, 2.24) is 4.90 Å². The summed E-state index contributed by atoms with van der Waals surface area (Å²) in [6.45, 7) is 6.97. The lowest BCUT2D eigenvalue weighted by molar-refractivity contribution is -0.166. The first-order valence-corrected chi connectivity index (χ1v) is 10.8. The average Bonchev–Trinajstić information content (AvgIpc) is 2.87. The molecule has 5 nitrogen and oxygen atoms in total. The Morgan fingerprint density at radius 2 is 1.96 bits per heavy atom. The van der Waals surface area contributed by atoms with Crippen LogP contribution in [0.15, 0.2) is 0 Å². The molecule has 3 saturated carbocycles. The first-order chi connectivity index (χ1) is 12.7. The van der Waals surface area contributed by atoms with Gasteiger partial charge >= 0.3 is 5.97 Å². The van der Waals surface area contributed by atoms with Crippen LogP contribution in [0.5, 0.6) is 0 Å². The fourth-order valence-corrected chi connectivity index (χ4v) is 8.06. The van der Waals surface area contributed by atoms with Crippen LogP contribution in [0.1, 0.15) is 65.7 Å². The van der Waals surface area contributed by atoms with E-state index in [0.717, 1.165) is 25.7 Å². The molecular weight excluding hydrogens is 342 g/mol. The number of carboxylic acids is 1. The van der Waals surface area contributed by atoms with Crippen molar-refractivity contribution in [3.05, 3.63) is 0 Å². The van der Waals surface area contributed by atoms with E-state index in [0.29, 0.717) is 42.0 Å². The monoisotopic (exact) mass is 377 g/mol. The Labute approximate surface area is 162 Å². The van der Waals surface area contributed by atoms with Gasteiger partial charge in [-0.1, -0.05) is 20.8 Å². The van der Waals surface area contributed by atoms with Crippen LogP contribution in [0.3, 0.4) is 0 Å². The number of hydrogen-bond acceptors (Lipinski definition) is 3. The van der Waals surface area contributed by atoms with E-state index in [1.165, 1.54) is 12.8 Å². The summed E-state index contributed by atoms with van der Waals surface area (Å²) >= 11 is 0. The van der Waals surface area contributed by atoms with Gasteiger partial charge in [-0.15, -0.1) is 0 Å². The van der Waals surface area contributed by atoms with Crippen molar-refractivity contribution < 1.29 is 19.4 Å². The molecule has 3 aliphatic carbocycles. The summed E-state index contributed by atoms with van der Waals surface area (Å²) in [5.41, 5.74) is 0.322. The van der Waals surface area contributed by atoms with Crippen molar-refractivity contribution in [3.8, 4) is 0 Å². The van der Waals surface area contributed by atoms with Crippen LogP contribution in [-0.2, 0) is 14.3 Å². The highest BCUT2D eigenvalue weighted by Crippen LogP contribution is 2.66. The number of aliphatic carboxylic acids is 1. The number of carboxylic acid groups (broad SMARTS) is 1. The van der Waals surface area contributed by atoms with Gasteiger partial charge in [0.15, 0.2) is 0 Å². The predicted molar refractivity (Wildman–Crippen MR) is 102 cm³/mol. The van der Waals surface area contributed by atoms with E-state index in [1.807, 2.05) is 11.9 Å². The van der Waals surface area contributed by atoms with E-state index in [9.17, 15) is 9.59 Å². The van der Waals surface area contributed by atoms with Crippen LogP contribution in [0.2, 0.25) is 0 Å². The summed E-state index contributed by atoms with van der Waals surface area (Å²) < 4.78 is 5.90. The molecule has 4 rings (SSSR count). The Morgan fingerprint density at radius 1 is 1.22 bits per heavy atom. The van der Waals surface area contributed by atoms with Gasteiger partial charge in [0.25, 0.3) is 0 Å². The minimum absolute atomic E-state index is 0.0655. The van der Waals surface area contributed by atoms with Crippen LogP contribution >= 0.6 is 0 Å². The van der Waals surface area contributed by atoms with Crippen LogP contribution in [0, 0.1) is 34.5 Å². The molecule has 8 atom stereocenters. The Bertz CT molecular complexity index is 636. The van der Waals surface area contributed by atoms with Crippen molar-refractivity contribution in [2.45, 2.75) is 77.9 Å². The highest BCUT2D eigenvalue weighted by Gasteiger charge is 2.63. The van der Waals surface area contributed by atoms with E-state index >= 15 is 0 Å². The maximum absolute atomic E-state index is 12.3. The number of piperidine rings is 1. The summed E-state index contributed by atoms with van der Waals surface area (Å²) in [6, 6.07) is 0.389. The Morgan fingerprint density at radius 3 is 2.67 bits per heavy atom. The smallest absolute Gasteiger partial charge is 0.329 e. The third-order valence-corrected chi connectivity index (χ3v) is 9.20. The molecule has 0 spiro atoms. The van der Waals surface area contributed by atoms with Crippen molar-refractivity contribution in [3.63, 3.8) is 0 Å². The molecule has 5 unspecified atom stereocenters. The van der Waals surface area contributed by atoms with Gasteiger partial charge in [0.2, 0.25) is 5.91 Å². The number of carbonyl (C=O) groups is 2. The third kappa shape index (κ3) is 2.75. The van der Waals surface area contributed by atoms with Gasteiger partial charge in [0, 0.05) is 19.5 Å². The molecule has 27 heavy (non-hydrogen) atoms. The number of fused-ring (bicyclic) bond motifs is 5. The summed E-state index contributed by atoms with van der Waals surface area (Å²) in [5.74, 6) is 1.98. The molecule has 4 fully saturated rings. The molecule has 0 aromatic carbocycles. The van der Waals surface area contributed by atoms with Crippen LogP contribution < -0.4 is 0 Å². The van der Waals surface area contributed by atoms with Crippen LogP contribution in [0.25, 0.3) is 0 Å². The van der Waals surface area contributed by atoms with Gasteiger partial charge in [0.1, 0.15) is 6.61 Å². The second-order valence-corrected chi connectivity index (χ2v) is 10.4. The van der Waals surface area contributed by atoms with Crippen molar-refractivity contribution >= 4 is 11.9 Å². The molecule has 1 saturated heterocycles. The summed E-state index contributed by atoms with van der Waals surface area (Å²) in [4.78, 5) is 25.3. The van der Waals surface area contributed by atoms with E-state index < -0.39 is 5.97 Å². The maximum Gasteiger partial charge on any atom is 0.329 e. The van der Waals surface area contributed by atoms with Gasteiger partial charge in [-0.05, 0) is 73.0 Å². The molecule has 152 valence electrons. The van der Waals surface area contributed by atoms with E-state index in [4.69, 9.17) is 9.84 Å². The summed E-state index contributed by atoms with van der Waals surface area (Å²) in [7, 11) is 2.01. The number of amides is 1. The normalized spacial score (nSPS) is 49.3. The van der Waals surface area contributed by atoms with Crippen molar-refractivity contribution in [1.29, 1.82) is 0 Å². The molecule has 0 radical (unpaired) electrons. The van der Waals surface area contributed by atoms with Gasteiger partial charge in [-0.3, -0.25) is 4.79 Å². The van der Waals surface area contributed by atoms with E-state index in [2.05, 4.69) is 20.8 Å². The zero-order valence-electron chi connectivity index (χ0n) is 17.2. The second kappa shape index (κ2) is 6.47.